The molecule has 84 valence electrons. The van der Waals surface area contributed by atoms with Gasteiger partial charge in [-0.3, -0.25) is 4.90 Å². The van der Waals surface area contributed by atoms with Gasteiger partial charge >= 0.3 is 0 Å². The molecule has 0 saturated carbocycles. The number of likely N-dealkylation sites (N-methyl/N-ethyl adjacent to an activating group) is 2. The first-order valence-electron chi connectivity index (χ1n) is 5.49. The third-order valence-electron chi connectivity index (χ3n) is 3.60. The second kappa shape index (κ2) is 3.80. The van der Waals surface area contributed by atoms with Crippen LogP contribution in [0, 0.1) is 0 Å². The SMILES string of the molecule is CCNC(C)C1(O)CN(C)C(C)(C)C1. The Morgan fingerprint density at radius 2 is 2.07 bits per heavy atom. The van der Waals surface area contributed by atoms with Crippen molar-refractivity contribution in [2.75, 3.05) is 20.1 Å². The van der Waals surface area contributed by atoms with Gasteiger partial charge in [-0.15, -0.1) is 0 Å². The quantitative estimate of drug-likeness (QED) is 0.708. The lowest BCUT2D eigenvalue weighted by Crippen LogP contribution is -2.50. The predicted octanol–water partition coefficient (Wildman–Crippen LogP) is 0.830. The predicted molar refractivity (Wildman–Crippen MR) is 59.4 cm³/mol. The summed E-state index contributed by atoms with van der Waals surface area (Å²) in [6, 6.07) is 0.164. The zero-order valence-corrected chi connectivity index (χ0v) is 10.1. The summed E-state index contributed by atoms with van der Waals surface area (Å²) in [5, 5.41) is 13.8. The molecule has 1 rings (SSSR count). The maximum atomic E-state index is 10.5. The number of rotatable bonds is 3. The van der Waals surface area contributed by atoms with Crippen molar-refractivity contribution in [2.45, 2.75) is 51.3 Å². The van der Waals surface area contributed by atoms with Gasteiger partial charge in [0.25, 0.3) is 0 Å². The summed E-state index contributed by atoms with van der Waals surface area (Å²) in [6.45, 7) is 10.2. The average molecular weight is 200 g/mol. The molecule has 0 aliphatic carbocycles. The molecule has 0 spiro atoms. The standard InChI is InChI=1S/C11H24N2O/c1-6-12-9(2)11(14)7-10(3,4)13(5)8-11/h9,12,14H,6-8H2,1-5H3. The Labute approximate surface area is 87.5 Å². The lowest BCUT2D eigenvalue weighted by Gasteiger charge is -2.30. The molecule has 0 amide bonds. The van der Waals surface area contributed by atoms with E-state index in [9.17, 15) is 5.11 Å². The maximum absolute atomic E-state index is 10.5. The van der Waals surface area contributed by atoms with Crippen molar-refractivity contribution < 1.29 is 5.11 Å². The van der Waals surface area contributed by atoms with Crippen LogP contribution >= 0.6 is 0 Å². The lowest BCUT2D eigenvalue weighted by atomic mass is 9.88. The number of aliphatic hydroxyl groups is 1. The highest BCUT2D eigenvalue weighted by Gasteiger charge is 2.48. The number of β-amino-alcohol motifs (C(OH)–C–C–N with tert-alkyl or cyclic N) is 1. The number of hydrogen-bond donors (Lipinski definition) is 2. The van der Waals surface area contributed by atoms with E-state index in [0.29, 0.717) is 0 Å². The number of nitrogens with zero attached hydrogens (tertiary/aromatic N) is 1. The molecule has 0 aromatic rings. The van der Waals surface area contributed by atoms with Crippen molar-refractivity contribution in [2.24, 2.45) is 0 Å². The van der Waals surface area contributed by atoms with Gasteiger partial charge in [-0.25, -0.2) is 0 Å². The number of likely N-dealkylation sites (tertiary alicyclic amines) is 1. The van der Waals surface area contributed by atoms with Crippen molar-refractivity contribution in [1.29, 1.82) is 0 Å². The fourth-order valence-corrected chi connectivity index (χ4v) is 2.35. The Hall–Kier alpha value is -0.120. The minimum Gasteiger partial charge on any atom is -0.387 e. The van der Waals surface area contributed by atoms with E-state index < -0.39 is 5.60 Å². The van der Waals surface area contributed by atoms with Gasteiger partial charge in [0, 0.05) is 18.1 Å². The van der Waals surface area contributed by atoms with Crippen LogP contribution in [0.5, 0.6) is 0 Å². The Morgan fingerprint density at radius 1 is 1.50 bits per heavy atom. The minimum atomic E-state index is -0.575. The molecule has 0 radical (unpaired) electrons. The second-order valence-corrected chi connectivity index (χ2v) is 5.23. The normalized spacial score (nSPS) is 34.7. The van der Waals surface area contributed by atoms with Crippen LogP contribution in [0.3, 0.4) is 0 Å². The van der Waals surface area contributed by atoms with Gasteiger partial charge in [-0.05, 0) is 40.8 Å². The van der Waals surface area contributed by atoms with E-state index in [1.165, 1.54) is 0 Å². The van der Waals surface area contributed by atoms with E-state index in [4.69, 9.17) is 0 Å². The van der Waals surface area contributed by atoms with Crippen LogP contribution in [-0.4, -0.2) is 47.3 Å². The molecule has 2 N–H and O–H groups in total. The molecule has 1 saturated heterocycles. The third kappa shape index (κ3) is 2.10. The highest BCUT2D eigenvalue weighted by atomic mass is 16.3. The minimum absolute atomic E-state index is 0.110. The highest BCUT2D eigenvalue weighted by molar-refractivity contribution is 5.05. The highest BCUT2D eigenvalue weighted by Crippen LogP contribution is 2.35. The topological polar surface area (TPSA) is 35.5 Å². The zero-order chi connectivity index (χ0) is 11.0. The van der Waals surface area contributed by atoms with Crippen molar-refractivity contribution in [3.05, 3.63) is 0 Å². The van der Waals surface area contributed by atoms with Gasteiger partial charge < -0.3 is 10.4 Å². The molecule has 2 unspecified atom stereocenters. The van der Waals surface area contributed by atoms with E-state index >= 15 is 0 Å². The molecule has 2 atom stereocenters. The molecule has 0 aromatic carbocycles. The van der Waals surface area contributed by atoms with E-state index in [1.807, 2.05) is 0 Å². The van der Waals surface area contributed by atoms with Crippen LogP contribution in [0.15, 0.2) is 0 Å². The monoisotopic (exact) mass is 200 g/mol. The first kappa shape index (κ1) is 12.0. The molecule has 0 aromatic heterocycles. The van der Waals surface area contributed by atoms with Crippen LogP contribution in [-0.2, 0) is 0 Å². The van der Waals surface area contributed by atoms with Crippen molar-refractivity contribution >= 4 is 0 Å². The average Bonchev–Trinajstić information content (AvgIpc) is 2.23. The van der Waals surface area contributed by atoms with Gasteiger partial charge in [0.15, 0.2) is 0 Å². The fraction of sp³-hybridized carbons (Fsp3) is 1.00. The second-order valence-electron chi connectivity index (χ2n) is 5.23. The number of hydrogen-bond acceptors (Lipinski definition) is 3. The summed E-state index contributed by atoms with van der Waals surface area (Å²) < 4.78 is 0. The first-order chi connectivity index (χ1) is 6.32. The Kier molecular flexibility index (Phi) is 3.24. The van der Waals surface area contributed by atoms with E-state index in [0.717, 1.165) is 19.5 Å². The smallest absolute Gasteiger partial charge is 0.0940 e. The summed E-state index contributed by atoms with van der Waals surface area (Å²) in [7, 11) is 2.08. The van der Waals surface area contributed by atoms with Crippen LogP contribution in [0.25, 0.3) is 0 Å². The Morgan fingerprint density at radius 3 is 2.43 bits per heavy atom. The van der Waals surface area contributed by atoms with Crippen LogP contribution < -0.4 is 5.32 Å². The molecule has 0 bridgehead atoms. The zero-order valence-electron chi connectivity index (χ0n) is 10.1. The number of nitrogens with one attached hydrogen (secondary N) is 1. The van der Waals surface area contributed by atoms with Gasteiger partial charge in [-0.2, -0.15) is 0 Å². The molecule has 3 heteroatoms. The van der Waals surface area contributed by atoms with Crippen molar-refractivity contribution in [3.63, 3.8) is 0 Å². The molecule has 1 fully saturated rings. The van der Waals surface area contributed by atoms with Crippen molar-refractivity contribution in [1.82, 2.24) is 10.2 Å². The van der Waals surface area contributed by atoms with Gasteiger partial charge in [0.2, 0.25) is 0 Å². The molecular formula is C11H24N2O. The Balaban J connectivity index is 2.69. The molecule has 3 nitrogen and oxygen atoms in total. The van der Waals surface area contributed by atoms with Gasteiger partial charge in [0.05, 0.1) is 5.60 Å². The summed E-state index contributed by atoms with van der Waals surface area (Å²) in [6.07, 6.45) is 0.838. The van der Waals surface area contributed by atoms with Crippen LogP contribution in [0.2, 0.25) is 0 Å². The third-order valence-corrected chi connectivity index (χ3v) is 3.60. The van der Waals surface area contributed by atoms with E-state index in [2.05, 4.69) is 45.0 Å². The van der Waals surface area contributed by atoms with Gasteiger partial charge in [0.1, 0.15) is 0 Å². The Bertz CT molecular complexity index is 205. The molecule has 1 heterocycles. The molecular weight excluding hydrogens is 176 g/mol. The lowest BCUT2D eigenvalue weighted by molar-refractivity contribution is 0.0180. The largest absolute Gasteiger partial charge is 0.387 e. The molecule has 1 aliphatic rings. The summed E-state index contributed by atoms with van der Waals surface area (Å²) in [5.41, 5.74) is -0.466. The van der Waals surface area contributed by atoms with Gasteiger partial charge in [-0.1, -0.05) is 6.92 Å². The van der Waals surface area contributed by atoms with E-state index in [1.54, 1.807) is 0 Å². The first-order valence-corrected chi connectivity index (χ1v) is 5.49. The molecule has 1 aliphatic heterocycles. The van der Waals surface area contributed by atoms with Crippen LogP contribution in [0.4, 0.5) is 0 Å². The van der Waals surface area contributed by atoms with Crippen molar-refractivity contribution in [3.8, 4) is 0 Å². The summed E-state index contributed by atoms with van der Waals surface area (Å²) >= 11 is 0. The summed E-state index contributed by atoms with van der Waals surface area (Å²) in [5.74, 6) is 0. The van der Waals surface area contributed by atoms with E-state index in [-0.39, 0.29) is 11.6 Å². The fourth-order valence-electron chi connectivity index (χ4n) is 2.35. The summed E-state index contributed by atoms with van der Waals surface area (Å²) in [4.78, 5) is 2.24. The molecule has 14 heavy (non-hydrogen) atoms. The maximum Gasteiger partial charge on any atom is 0.0940 e. The van der Waals surface area contributed by atoms with Crippen LogP contribution in [0.1, 0.15) is 34.1 Å².